The first-order chi connectivity index (χ1) is 12.3. The first-order valence-corrected chi connectivity index (χ1v) is 9.46. The molecule has 1 unspecified atom stereocenters. The van der Waals surface area contributed by atoms with E-state index in [1.54, 1.807) is 21.3 Å². The summed E-state index contributed by atoms with van der Waals surface area (Å²) in [4.78, 5) is 0.602. The SMILES string of the molecule is COc1cc(/C=C/c2ccccc2)c(S(=O)C(C)(C)C)c(OC)c1OC. The van der Waals surface area contributed by atoms with Crippen molar-refractivity contribution in [2.75, 3.05) is 21.3 Å². The van der Waals surface area contributed by atoms with Crippen molar-refractivity contribution in [2.45, 2.75) is 30.4 Å². The molecule has 0 saturated carbocycles. The van der Waals surface area contributed by atoms with Crippen LogP contribution in [0.5, 0.6) is 17.2 Å². The third-order valence-corrected chi connectivity index (χ3v) is 5.71. The molecule has 0 radical (unpaired) electrons. The van der Waals surface area contributed by atoms with Gasteiger partial charge in [-0.1, -0.05) is 42.5 Å². The number of methoxy groups -OCH3 is 3. The third kappa shape index (κ3) is 4.28. The molecule has 4 nitrogen and oxygen atoms in total. The fraction of sp³-hybridized carbons (Fsp3) is 0.333. The lowest BCUT2D eigenvalue weighted by Gasteiger charge is -2.23. The minimum atomic E-state index is -1.32. The van der Waals surface area contributed by atoms with Crippen LogP contribution < -0.4 is 14.2 Å². The summed E-state index contributed by atoms with van der Waals surface area (Å²) in [5.74, 6) is 1.42. The molecule has 0 aliphatic carbocycles. The normalized spacial score (nSPS) is 12.8. The summed E-state index contributed by atoms with van der Waals surface area (Å²) in [5.41, 5.74) is 1.82. The van der Waals surface area contributed by atoms with Crippen molar-refractivity contribution in [3.8, 4) is 17.2 Å². The maximum atomic E-state index is 13.2. The molecule has 0 N–H and O–H groups in total. The number of ether oxygens (including phenoxy) is 3. The summed E-state index contributed by atoms with van der Waals surface area (Å²) in [6.45, 7) is 5.80. The highest BCUT2D eigenvalue weighted by atomic mass is 32.2. The molecular weight excluding hydrogens is 348 g/mol. The lowest BCUT2D eigenvalue weighted by Crippen LogP contribution is -2.23. The first kappa shape index (κ1) is 20.0. The summed E-state index contributed by atoms with van der Waals surface area (Å²) in [6.07, 6.45) is 3.91. The van der Waals surface area contributed by atoms with Crippen molar-refractivity contribution in [2.24, 2.45) is 0 Å². The fourth-order valence-corrected chi connectivity index (χ4v) is 3.82. The van der Waals surface area contributed by atoms with Crippen molar-refractivity contribution < 1.29 is 18.4 Å². The van der Waals surface area contributed by atoms with Gasteiger partial charge in [0.25, 0.3) is 0 Å². The number of hydrogen-bond acceptors (Lipinski definition) is 4. The molecular formula is C21H26O4S. The molecule has 1 atom stereocenters. The molecule has 2 aromatic rings. The predicted octanol–water partition coefficient (Wildman–Crippen LogP) is 4.79. The van der Waals surface area contributed by atoms with E-state index in [9.17, 15) is 4.21 Å². The van der Waals surface area contributed by atoms with Crippen LogP contribution in [-0.2, 0) is 10.8 Å². The quantitative estimate of drug-likeness (QED) is 0.682. The molecule has 0 saturated heterocycles. The van der Waals surface area contributed by atoms with Gasteiger partial charge in [0.2, 0.25) is 5.75 Å². The van der Waals surface area contributed by atoms with Crippen LogP contribution in [0.2, 0.25) is 0 Å². The maximum absolute atomic E-state index is 13.2. The highest BCUT2D eigenvalue weighted by molar-refractivity contribution is 7.86. The summed E-state index contributed by atoms with van der Waals surface area (Å²) < 4.78 is 29.3. The number of benzene rings is 2. The highest BCUT2D eigenvalue weighted by Crippen LogP contribution is 2.45. The Morgan fingerprint density at radius 2 is 1.50 bits per heavy atom. The maximum Gasteiger partial charge on any atom is 0.204 e. The zero-order valence-electron chi connectivity index (χ0n) is 16.2. The van der Waals surface area contributed by atoms with Crippen LogP contribution in [0.3, 0.4) is 0 Å². The Kier molecular flexibility index (Phi) is 6.48. The molecule has 2 rings (SSSR count). The van der Waals surface area contributed by atoms with Gasteiger partial charge in [0, 0.05) is 4.75 Å². The van der Waals surface area contributed by atoms with Crippen LogP contribution >= 0.6 is 0 Å². The van der Waals surface area contributed by atoms with E-state index in [1.165, 1.54) is 0 Å². The molecule has 2 aromatic carbocycles. The monoisotopic (exact) mass is 374 g/mol. The van der Waals surface area contributed by atoms with E-state index in [-0.39, 0.29) is 0 Å². The minimum Gasteiger partial charge on any atom is -0.493 e. The number of rotatable bonds is 6. The summed E-state index contributed by atoms with van der Waals surface area (Å²) >= 11 is 0. The van der Waals surface area contributed by atoms with E-state index in [4.69, 9.17) is 14.2 Å². The molecule has 0 spiro atoms. The van der Waals surface area contributed by atoms with Crippen LogP contribution in [0.4, 0.5) is 0 Å². The van der Waals surface area contributed by atoms with Crippen molar-refractivity contribution >= 4 is 23.0 Å². The van der Waals surface area contributed by atoms with Crippen LogP contribution in [-0.4, -0.2) is 30.3 Å². The van der Waals surface area contributed by atoms with Gasteiger partial charge in [0.15, 0.2) is 11.5 Å². The molecule has 140 valence electrons. The van der Waals surface area contributed by atoms with Gasteiger partial charge in [-0.3, -0.25) is 4.21 Å². The first-order valence-electron chi connectivity index (χ1n) is 8.31. The van der Waals surface area contributed by atoms with E-state index in [0.29, 0.717) is 22.1 Å². The standard InChI is InChI=1S/C21H26O4S/c1-21(2,3)26(22)20-16(13-12-15-10-8-7-9-11-15)14-17(23-4)18(24-5)19(20)25-6/h7-14H,1-6H3/b13-12+. The van der Waals surface area contributed by atoms with Gasteiger partial charge in [0.1, 0.15) is 0 Å². The molecule has 0 bridgehead atoms. The highest BCUT2D eigenvalue weighted by Gasteiger charge is 2.30. The van der Waals surface area contributed by atoms with Crippen molar-refractivity contribution in [3.63, 3.8) is 0 Å². The Morgan fingerprint density at radius 1 is 0.885 bits per heavy atom. The summed E-state index contributed by atoms with van der Waals surface area (Å²) in [6, 6.07) is 11.8. The Hall–Kier alpha value is -2.27. The van der Waals surface area contributed by atoms with Crippen LogP contribution in [0.25, 0.3) is 12.2 Å². The van der Waals surface area contributed by atoms with Crippen LogP contribution in [0.1, 0.15) is 31.9 Å². The van der Waals surface area contributed by atoms with Crippen molar-refractivity contribution in [3.05, 3.63) is 47.5 Å². The van der Waals surface area contributed by atoms with E-state index >= 15 is 0 Å². The van der Waals surface area contributed by atoms with Gasteiger partial charge in [-0.25, -0.2) is 0 Å². The van der Waals surface area contributed by atoms with Gasteiger partial charge in [-0.05, 0) is 38.0 Å². The smallest absolute Gasteiger partial charge is 0.204 e. The van der Waals surface area contributed by atoms with Crippen LogP contribution in [0, 0.1) is 0 Å². The van der Waals surface area contributed by atoms with Gasteiger partial charge in [0.05, 0.1) is 37.0 Å². The Labute approximate surface area is 158 Å². The zero-order chi connectivity index (χ0) is 19.3. The van der Waals surface area contributed by atoms with Gasteiger partial charge in [-0.15, -0.1) is 0 Å². The summed E-state index contributed by atoms with van der Waals surface area (Å²) in [7, 11) is 3.35. The Morgan fingerprint density at radius 3 is 2.00 bits per heavy atom. The van der Waals surface area contributed by atoms with Gasteiger partial charge < -0.3 is 14.2 Å². The second-order valence-corrected chi connectivity index (χ2v) is 8.86. The molecule has 26 heavy (non-hydrogen) atoms. The third-order valence-electron chi connectivity index (χ3n) is 3.81. The average Bonchev–Trinajstić information content (AvgIpc) is 2.64. The molecule has 0 fully saturated rings. The predicted molar refractivity (Wildman–Crippen MR) is 108 cm³/mol. The molecule has 5 heteroatoms. The second-order valence-electron chi connectivity index (χ2n) is 6.69. The molecule has 0 aromatic heterocycles. The molecule has 0 heterocycles. The average molecular weight is 375 g/mol. The number of hydrogen-bond donors (Lipinski definition) is 0. The Balaban J connectivity index is 2.71. The van der Waals surface area contributed by atoms with E-state index in [0.717, 1.165) is 11.1 Å². The van der Waals surface area contributed by atoms with Crippen LogP contribution in [0.15, 0.2) is 41.3 Å². The lowest BCUT2D eigenvalue weighted by molar-refractivity contribution is 0.319. The van der Waals surface area contributed by atoms with E-state index in [1.807, 2.05) is 69.3 Å². The molecule has 0 amide bonds. The van der Waals surface area contributed by atoms with Gasteiger partial charge in [-0.2, -0.15) is 0 Å². The van der Waals surface area contributed by atoms with Crippen molar-refractivity contribution in [1.82, 2.24) is 0 Å². The van der Waals surface area contributed by atoms with Gasteiger partial charge >= 0.3 is 0 Å². The minimum absolute atomic E-state index is 0.438. The van der Waals surface area contributed by atoms with E-state index < -0.39 is 15.5 Å². The summed E-state index contributed by atoms with van der Waals surface area (Å²) in [5, 5.41) is 0. The lowest BCUT2D eigenvalue weighted by atomic mass is 10.1. The molecule has 0 aliphatic heterocycles. The molecule has 0 aliphatic rings. The second kappa shape index (κ2) is 8.41. The largest absolute Gasteiger partial charge is 0.493 e. The Bertz CT molecular complexity index is 805. The topological polar surface area (TPSA) is 44.8 Å². The fourth-order valence-electron chi connectivity index (χ4n) is 2.52. The zero-order valence-corrected chi connectivity index (χ0v) is 17.0. The van der Waals surface area contributed by atoms with Crippen molar-refractivity contribution in [1.29, 1.82) is 0 Å². The van der Waals surface area contributed by atoms with E-state index in [2.05, 4.69) is 0 Å².